The molecule has 2 rings (SSSR count). The number of hydrogen-bond acceptors (Lipinski definition) is 2. The molecule has 1 aromatic rings. The Morgan fingerprint density at radius 1 is 1.37 bits per heavy atom. The van der Waals surface area contributed by atoms with Gasteiger partial charge in [-0.1, -0.05) is 0 Å². The second-order valence-corrected chi connectivity index (χ2v) is 4.75. The number of alkyl halides is 3. The molecule has 0 saturated carbocycles. The minimum absolute atomic E-state index is 0.0475. The number of benzene rings is 1. The smallest absolute Gasteiger partial charge is 0.381 e. The van der Waals surface area contributed by atoms with E-state index in [4.69, 9.17) is 4.74 Å². The molecule has 0 bridgehead atoms. The molecule has 1 N–H and O–H groups in total. The molecule has 1 heterocycles. The van der Waals surface area contributed by atoms with Gasteiger partial charge >= 0.3 is 6.18 Å². The Balaban J connectivity index is 2.08. The van der Waals surface area contributed by atoms with Crippen LogP contribution < -0.4 is 5.32 Å². The van der Waals surface area contributed by atoms with Crippen molar-refractivity contribution in [3.05, 3.63) is 29.6 Å². The summed E-state index contributed by atoms with van der Waals surface area (Å²) >= 11 is 0. The highest BCUT2D eigenvalue weighted by molar-refractivity contribution is 5.47. The van der Waals surface area contributed by atoms with Crippen LogP contribution in [0.3, 0.4) is 0 Å². The first-order valence-corrected chi connectivity index (χ1v) is 6.09. The minimum atomic E-state index is -4.52. The third kappa shape index (κ3) is 3.37. The van der Waals surface area contributed by atoms with E-state index in [1.165, 1.54) is 0 Å². The van der Waals surface area contributed by atoms with Crippen molar-refractivity contribution in [1.29, 1.82) is 0 Å². The molecule has 6 heteroatoms. The van der Waals surface area contributed by atoms with E-state index < -0.39 is 17.6 Å². The predicted octanol–water partition coefficient (Wildman–Crippen LogP) is 3.68. The number of hydrogen-bond donors (Lipinski definition) is 1. The molecule has 2 nitrogen and oxygen atoms in total. The third-order valence-corrected chi connectivity index (χ3v) is 3.35. The Labute approximate surface area is 108 Å². The lowest BCUT2D eigenvalue weighted by atomic mass is 10.0. The molecule has 1 saturated heterocycles. The summed E-state index contributed by atoms with van der Waals surface area (Å²) in [7, 11) is 0. The maximum Gasteiger partial charge on any atom is 0.416 e. The van der Waals surface area contributed by atoms with Gasteiger partial charge in [-0.2, -0.15) is 13.2 Å². The molecule has 1 fully saturated rings. The average Bonchev–Trinajstić information content (AvgIpc) is 2.84. The van der Waals surface area contributed by atoms with Crippen molar-refractivity contribution < 1.29 is 22.3 Å². The molecule has 1 aliphatic heterocycles. The van der Waals surface area contributed by atoms with Crippen molar-refractivity contribution in [3.63, 3.8) is 0 Å². The summed E-state index contributed by atoms with van der Waals surface area (Å²) < 4.78 is 56.1. The fraction of sp³-hybridized carbons (Fsp3) is 0.538. The first-order chi connectivity index (χ1) is 8.88. The quantitative estimate of drug-likeness (QED) is 0.851. The van der Waals surface area contributed by atoms with Gasteiger partial charge in [0.05, 0.1) is 17.9 Å². The lowest BCUT2D eigenvalue weighted by Crippen LogP contribution is -2.26. The predicted molar refractivity (Wildman–Crippen MR) is 63.4 cm³/mol. The van der Waals surface area contributed by atoms with Crippen molar-refractivity contribution in [3.8, 4) is 0 Å². The van der Waals surface area contributed by atoms with Gasteiger partial charge in [-0.25, -0.2) is 4.39 Å². The fourth-order valence-electron chi connectivity index (χ4n) is 2.12. The van der Waals surface area contributed by atoms with Crippen molar-refractivity contribution in [2.24, 2.45) is 5.92 Å². The van der Waals surface area contributed by atoms with Crippen LogP contribution in [0.4, 0.5) is 23.2 Å². The highest BCUT2D eigenvalue weighted by atomic mass is 19.4. The zero-order chi connectivity index (χ0) is 14.0. The lowest BCUT2D eigenvalue weighted by Gasteiger charge is -2.21. The molecule has 2 atom stereocenters. The largest absolute Gasteiger partial charge is 0.416 e. The summed E-state index contributed by atoms with van der Waals surface area (Å²) in [6.45, 7) is 3.14. The van der Waals surface area contributed by atoms with E-state index in [9.17, 15) is 17.6 Å². The average molecular weight is 277 g/mol. The van der Waals surface area contributed by atoms with Crippen molar-refractivity contribution in [2.45, 2.75) is 25.6 Å². The normalized spacial score (nSPS) is 21.4. The van der Waals surface area contributed by atoms with Crippen molar-refractivity contribution >= 4 is 5.69 Å². The molecular weight excluding hydrogens is 262 g/mol. The number of rotatable bonds is 3. The van der Waals surface area contributed by atoms with Crippen LogP contribution in [0, 0.1) is 11.7 Å². The summed E-state index contributed by atoms with van der Waals surface area (Å²) in [6, 6.07) is 2.47. The Morgan fingerprint density at radius 2 is 2.11 bits per heavy atom. The maximum atomic E-state index is 13.6. The van der Waals surface area contributed by atoms with Crippen LogP contribution in [-0.2, 0) is 10.9 Å². The van der Waals surface area contributed by atoms with E-state index in [-0.39, 0.29) is 17.6 Å². The van der Waals surface area contributed by atoms with Gasteiger partial charge in [0, 0.05) is 18.6 Å². The monoisotopic (exact) mass is 277 g/mol. The molecule has 2 unspecified atom stereocenters. The van der Waals surface area contributed by atoms with Gasteiger partial charge in [-0.15, -0.1) is 0 Å². The van der Waals surface area contributed by atoms with Crippen LogP contribution in [0.1, 0.15) is 18.9 Å². The van der Waals surface area contributed by atoms with Crippen molar-refractivity contribution in [2.75, 3.05) is 18.5 Å². The van der Waals surface area contributed by atoms with E-state index in [2.05, 4.69) is 5.32 Å². The van der Waals surface area contributed by atoms with Gasteiger partial charge in [-0.05, 0) is 31.5 Å². The second-order valence-electron chi connectivity index (χ2n) is 4.75. The maximum absolute atomic E-state index is 13.6. The van der Waals surface area contributed by atoms with Gasteiger partial charge in [0.1, 0.15) is 5.82 Å². The fourth-order valence-corrected chi connectivity index (χ4v) is 2.12. The molecule has 1 aromatic carbocycles. The number of ether oxygens (including phenoxy) is 1. The zero-order valence-corrected chi connectivity index (χ0v) is 10.4. The number of halogens is 4. The van der Waals surface area contributed by atoms with E-state index >= 15 is 0 Å². The Bertz CT molecular complexity index is 441. The number of nitrogens with one attached hydrogen (secondary N) is 1. The standard InChI is InChI=1S/C13H15F4NO/c1-8(9-4-5-19-7-9)18-12-3-2-10(6-11(12)14)13(15,16)17/h2-3,6,8-9,18H,4-5,7H2,1H3. The van der Waals surface area contributed by atoms with Crippen LogP contribution in [-0.4, -0.2) is 19.3 Å². The number of anilines is 1. The minimum Gasteiger partial charge on any atom is -0.381 e. The summed E-state index contributed by atoms with van der Waals surface area (Å²) in [5, 5.41) is 2.91. The molecule has 0 amide bonds. The molecule has 1 aliphatic rings. The van der Waals surface area contributed by atoms with E-state index in [1.54, 1.807) is 0 Å². The van der Waals surface area contributed by atoms with Gasteiger partial charge in [0.15, 0.2) is 0 Å². The first kappa shape index (κ1) is 14.1. The molecular formula is C13H15F4NO. The third-order valence-electron chi connectivity index (χ3n) is 3.35. The van der Waals surface area contributed by atoms with E-state index in [1.807, 2.05) is 6.92 Å². The SMILES string of the molecule is CC(Nc1ccc(C(F)(F)F)cc1F)C1CCOC1. The van der Waals surface area contributed by atoms with Crippen LogP contribution in [0.15, 0.2) is 18.2 Å². The molecule has 0 aromatic heterocycles. The lowest BCUT2D eigenvalue weighted by molar-refractivity contribution is -0.137. The Morgan fingerprint density at radius 3 is 2.63 bits per heavy atom. The molecule has 0 spiro atoms. The zero-order valence-electron chi connectivity index (χ0n) is 10.4. The van der Waals surface area contributed by atoms with Crippen LogP contribution in [0.5, 0.6) is 0 Å². The van der Waals surface area contributed by atoms with Gasteiger partial charge in [0.2, 0.25) is 0 Å². The topological polar surface area (TPSA) is 21.3 Å². The highest BCUT2D eigenvalue weighted by Crippen LogP contribution is 2.31. The summed E-state index contributed by atoms with van der Waals surface area (Å²) in [4.78, 5) is 0. The summed E-state index contributed by atoms with van der Waals surface area (Å²) in [6.07, 6.45) is -3.65. The van der Waals surface area contributed by atoms with Gasteiger partial charge in [-0.3, -0.25) is 0 Å². The summed E-state index contributed by atoms with van der Waals surface area (Å²) in [5.74, 6) is -0.637. The van der Waals surface area contributed by atoms with Crippen LogP contribution >= 0.6 is 0 Å². The van der Waals surface area contributed by atoms with Gasteiger partial charge < -0.3 is 10.1 Å². The van der Waals surface area contributed by atoms with Crippen molar-refractivity contribution in [1.82, 2.24) is 0 Å². The molecule has 106 valence electrons. The Hall–Kier alpha value is -1.30. The van der Waals surface area contributed by atoms with E-state index in [0.29, 0.717) is 19.3 Å². The molecule has 0 aliphatic carbocycles. The van der Waals surface area contributed by atoms with E-state index in [0.717, 1.165) is 18.6 Å². The Kier molecular flexibility index (Phi) is 3.99. The first-order valence-electron chi connectivity index (χ1n) is 6.09. The van der Waals surface area contributed by atoms with Crippen LogP contribution in [0.25, 0.3) is 0 Å². The molecule has 0 radical (unpaired) electrons. The highest BCUT2D eigenvalue weighted by Gasteiger charge is 2.31. The van der Waals surface area contributed by atoms with Crippen LogP contribution in [0.2, 0.25) is 0 Å². The second kappa shape index (κ2) is 5.36. The van der Waals surface area contributed by atoms with Gasteiger partial charge in [0.25, 0.3) is 0 Å². The molecule has 19 heavy (non-hydrogen) atoms. The summed E-state index contributed by atoms with van der Waals surface area (Å²) in [5.41, 5.74) is -0.889.